The molecular formula is C14H20N2O. The van der Waals surface area contributed by atoms with Crippen LogP contribution in [-0.4, -0.2) is 13.0 Å². The van der Waals surface area contributed by atoms with Gasteiger partial charge in [-0.05, 0) is 30.4 Å². The first-order valence-corrected chi connectivity index (χ1v) is 6.27. The van der Waals surface area contributed by atoms with Crippen molar-refractivity contribution in [2.24, 2.45) is 11.7 Å². The molecule has 0 unspecified atom stereocenters. The van der Waals surface area contributed by atoms with Gasteiger partial charge in [-0.1, -0.05) is 24.6 Å². The fourth-order valence-electron chi connectivity index (χ4n) is 2.23. The first-order chi connectivity index (χ1) is 8.22. The number of carbonyl (C=O) groups excluding carboxylic acids is 1. The van der Waals surface area contributed by atoms with E-state index < -0.39 is 0 Å². The molecule has 1 amide bonds. The van der Waals surface area contributed by atoms with Gasteiger partial charge in [0.15, 0.2) is 0 Å². The van der Waals surface area contributed by atoms with Gasteiger partial charge in [0, 0.05) is 25.7 Å². The maximum Gasteiger partial charge on any atom is 0.227 e. The molecule has 0 atom stereocenters. The molecule has 0 saturated heterocycles. The van der Waals surface area contributed by atoms with Crippen LogP contribution in [0.5, 0.6) is 0 Å². The van der Waals surface area contributed by atoms with E-state index in [1.165, 1.54) is 19.3 Å². The topological polar surface area (TPSA) is 46.3 Å². The quantitative estimate of drug-likeness (QED) is 0.865. The highest BCUT2D eigenvalue weighted by molar-refractivity contribution is 5.93. The summed E-state index contributed by atoms with van der Waals surface area (Å²) in [5.41, 5.74) is 7.66. The zero-order chi connectivity index (χ0) is 12.3. The summed E-state index contributed by atoms with van der Waals surface area (Å²) in [5.74, 6) is 0.811. The average Bonchev–Trinajstić information content (AvgIpc) is 2.32. The molecule has 1 aromatic carbocycles. The van der Waals surface area contributed by atoms with Crippen LogP contribution < -0.4 is 10.6 Å². The molecule has 0 aromatic heterocycles. The Morgan fingerprint density at radius 2 is 2.12 bits per heavy atom. The molecule has 1 saturated carbocycles. The van der Waals surface area contributed by atoms with Gasteiger partial charge in [-0.25, -0.2) is 0 Å². The van der Waals surface area contributed by atoms with Gasteiger partial charge in [-0.2, -0.15) is 0 Å². The number of nitrogens with two attached hydrogens (primary N) is 1. The Hall–Kier alpha value is -1.35. The predicted octanol–water partition coefficient (Wildman–Crippen LogP) is 2.30. The van der Waals surface area contributed by atoms with E-state index in [0.29, 0.717) is 18.9 Å². The van der Waals surface area contributed by atoms with Crippen molar-refractivity contribution in [1.82, 2.24) is 0 Å². The van der Waals surface area contributed by atoms with Crippen LogP contribution in [0.3, 0.4) is 0 Å². The summed E-state index contributed by atoms with van der Waals surface area (Å²) in [6.45, 7) is 0.469. The largest absolute Gasteiger partial charge is 0.326 e. The minimum absolute atomic E-state index is 0.204. The third kappa shape index (κ3) is 2.67. The van der Waals surface area contributed by atoms with Crippen molar-refractivity contribution in [2.45, 2.75) is 32.2 Å². The van der Waals surface area contributed by atoms with E-state index >= 15 is 0 Å². The second-order valence-electron chi connectivity index (χ2n) is 4.79. The fraction of sp³-hybridized carbons (Fsp3) is 0.500. The molecule has 2 rings (SSSR count). The number of nitrogens with zero attached hydrogens (tertiary/aromatic N) is 1. The van der Waals surface area contributed by atoms with Crippen LogP contribution in [0.1, 0.15) is 31.2 Å². The van der Waals surface area contributed by atoms with Gasteiger partial charge in [0.2, 0.25) is 5.91 Å². The van der Waals surface area contributed by atoms with Gasteiger partial charge in [-0.15, -0.1) is 0 Å². The number of anilines is 1. The SMILES string of the molecule is CN(C(=O)CC1CCC1)c1ccccc1CN. The average molecular weight is 232 g/mol. The molecule has 2 N–H and O–H groups in total. The lowest BCUT2D eigenvalue weighted by Gasteiger charge is -2.28. The highest BCUT2D eigenvalue weighted by Crippen LogP contribution is 2.30. The van der Waals surface area contributed by atoms with Crippen LogP contribution in [0.2, 0.25) is 0 Å². The van der Waals surface area contributed by atoms with Crippen molar-refractivity contribution in [1.29, 1.82) is 0 Å². The summed E-state index contributed by atoms with van der Waals surface area (Å²) in [4.78, 5) is 13.9. The van der Waals surface area contributed by atoms with Gasteiger partial charge >= 0.3 is 0 Å². The standard InChI is InChI=1S/C14H20N2O/c1-16(14(17)9-11-5-4-6-11)13-8-3-2-7-12(13)10-15/h2-3,7-8,11H,4-6,9-10,15H2,1H3. The van der Waals surface area contributed by atoms with Crippen molar-refractivity contribution in [2.75, 3.05) is 11.9 Å². The number of hydrogen-bond donors (Lipinski definition) is 1. The van der Waals surface area contributed by atoms with Crippen LogP contribution in [0.4, 0.5) is 5.69 Å². The van der Waals surface area contributed by atoms with Crippen LogP contribution >= 0.6 is 0 Å². The molecule has 3 nitrogen and oxygen atoms in total. The smallest absolute Gasteiger partial charge is 0.227 e. The molecule has 1 aliphatic carbocycles. The molecular weight excluding hydrogens is 212 g/mol. The van der Waals surface area contributed by atoms with Gasteiger partial charge in [-0.3, -0.25) is 4.79 Å². The Labute approximate surface area is 103 Å². The van der Waals surface area contributed by atoms with Gasteiger partial charge in [0.1, 0.15) is 0 Å². The normalized spacial score (nSPS) is 15.4. The van der Waals surface area contributed by atoms with Crippen LogP contribution in [-0.2, 0) is 11.3 Å². The van der Waals surface area contributed by atoms with E-state index in [-0.39, 0.29) is 5.91 Å². The lowest BCUT2D eigenvalue weighted by molar-refractivity contribution is -0.119. The van der Waals surface area contributed by atoms with Gasteiger partial charge in [0.05, 0.1) is 0 Å². The van der Waals surface area contributed by atoms with Crippen molar-refractivity contribution >= 4 is 11.6 Å². The molecule has 3 heteroatoms. The summed E-state index contributed by atoms with van der Waals surface area (Å²) < 4.78 is 0. The van der Waals surface area contributed by atoms with Crippen molar-refractivity contribution < 1.29 is 4.79 Å². The summed E-state index contributed by atoms with van der Waals surface area (Å²) in [5, 5.41) is 0. The van der Waals surface area contributed by atoms with Crippen molar-refractivity contribution in [3.05, 3.63) is 29.8 Å². The minimum atomic E-state index is 0.204. The lowest BCUT2D eigenvalue weighted by atomic mass is 9.82. The maximum atomic E-state index is 12.1. The number of carbonyl (C=O) groups is 1. The summed E-state index contributed by atoms with van der Waals surface area (Å²) in [6, 6.07) is 7.83. The Balaban J connectivity index is 2.06. The van der Waals surface area contributed by atoms with Crippen molar-refractivity contribution in [3.8, 4) is 0 Å². The van der Waals surface area contributed by atoms with E-state index in [9.17, 15) is 4.79 Å². The number of amides is 1. The first kappa shape index (κ1) is 12.1. The third-order valence-electron chi connectivity index (χ3n) is 3.64. The lowest BCUT2D eigenvalue weighted by Crippen LogP contribution is -2.30. The number of hydrogen-bond acceptors (Lipinski definition) is 2. The van der Waals surface area contributed by atoms with E-state index in [1.807, 2.05) is 31.3 Å². The highest BCUT2D eigenvalue weighted by atomic mass is 16.2. The van der Waals surface area contributed by atoms with Crippen LogP contribution in [0, 0.1) is 5.92 Å². The Morgan fingerprint density at radius 1 is 1.41 bits per heavy atom. The fourth-order valence-corrected chi connectivity index (χ4v) is 2.23. The van der Waals surface area contributed by atoms with Crippen molar-refractivity contribution in [3.63, 3.8) is 0 Å². The molecule has 1 aliphatic rings. The molecule has 0 bridgehead atoms. The second kappa shape index (κ2) is 5.32. The Morgan fingerprint density at radius 3 is 2.71 bits per heavy atom. The zero-order valence-corrected chi connectivity index (χ0v) is 10.4. The van der Waals surface area contributed by atoms with E-state index in [4.69, 9.17) is 5.73 Å². The van der Waals surface area contributed by atoms with Gasteiger partial charge < -0.3 is 10.6 Å². The van der Waals surface area contributed by atoms with Crippen LogP contribution in [0.15, 0.2) is 24.3 Å². The van der Waals surface area contributed by atoms with Crippen LogP contribution in [0.25, 0.3) is 0 Å². The number of rotatable bonds is 4. The predicted molar refractivity (Wildman–Crippen MR) is 69.7 cm³/mol. The van der Waals surface area contributed by atoms with Gasteiger partial charge in [0.25, 0.3) is 0 Å². The first-order valence-electron chi connectivity index (χ1n) is 6.27. The van der Waals surface area contributed by atoms with E-state index in [0.717, 1.165) is 11.3 Å². The van der Waals surface area contributed by atoms with E-state index in [1.54, 1.807) is 4.90 Å². The molecule has 92 valence electrons. The molecule has 0 radical (unpaired) electrons. The monoisotopic (exact) mass is 232 g/mol. The molecule has 0 aliphatic heterocycles. The number of para-hydroxylation sites is 1. The molecule has 0 heterocycles. The van der Waals surface area contributed by atoms with E-state index in [2.05, 4.69) is 0 Å². The number of benzene rings is 1. The molecule has 17 heavy (non-hydrogen) atoms. The summed E-state index contributed by atoms with van der Waals surface area (Å²) in [7, 11) is 1.84. The minimum Gasteiger partial charge on any atom is -0.326 e. The highest BCUT2D eigenvalue weighted by Gasteiger charge is 2.23. The Bertz CT molecular complexity index is 399. The third-order valence-corrected chi connectivity index (χ3v) is 3.64. The maximum absolute atomic E-state index is 12.1. The molecule has 1 aromatic rings. The molecule has 0 spiro atoms. The zero-order valence-electron chi connectivity index (χ0n) is 10.4. The Kier molecular flexibility index (Phi) is 3.79. The second-order valence-corrected chi connectivity index (χ2v) is 4.79. The summed E-state index contributed by atoms with van der Waals surface area (Å²) in [6.07, 6.45) is 4.37. The summed E-state index contributed by atoms with van der Waals surface area (Å²) >= 11 is 0. The molecule has 1 fully saturated rings.